The molecule has 0 aliphatic rings. The maximum absolute atomic E-state index is 12.2. The summed E-state index contributed by atoms with van der Waals surface area (Å²) >= 11 is 0. The predicted molar refractivity (Wildman–Crippen MR) is 99.3 cm³/mol. The summed E-state index contributed by atoms with van der Waals surface area (Å²) in [5, 5.41) is 2.77. The van der Waals surface area contributed by atoms with Gasteiger partial charge in [0.2, 0.25) is 10.0 Å². The molecule has 26 heavy (non-hydrogen) atoms. The van der Waals surface area contributed by atoms with Gasteiger partial charge in [0, 0.05) is 12.1 Å². The number of sulfonamides is 1. The van der Waals surface area contributed by atoms with Crippen LogP contribution < -0.4 is 10.0 Å². The van der Waals surface area contributed by atoms with Crippen LogP contribution in [0.25, 0.3) is 0 Å². The maximum Gasteiger partial charge on any atom is 0.338 e. The number of carbonyl (C=O) groups excluding carboxylic acids is 2. The number of hydrogen-bond acceptors (Lipinski definition) is 5. The van der Waals surface area contributed by atoms with Crippen molar-refractivity contribution in [3.8, 4) is 0 Å². The number of amides is 1. The van der Waals surface area contributed by atoms with E-state index in [1.165, 1.54) is 24.3 Å². The van der Waals surface area contributed by atoms with E-state index in [-0.39, 0.29) is 35.1 Å². The Morgan fingerprint density at radius 1 is 1.04 bits per heavy atom. The molecule has 0 aliphatic heterocycles. The summed E-state index contributed by atoms with van der Waals surface area (Å²) in [5.41, 5.74) is 0.183. The Hall–Kier alpha value is -1.93. The van der Waals surface area contributed by atoms with Gasteiger partial charge >= 0.3 is 5.97 Å². The third-order valence-corrected chi connectivity index (χ3v) is 5.66. The molecule has 0 aliphatic carbocycles. The summed E-state index contributed by atoms with van der Waals surface area (Å²) in [6, 6.07) is 5.29. The summed E-state index contributed by atoms with van der Waals surface area (Å²) in [5.74, 6) is -1.03. The average Bonchev–Trinajstić information content (AvgIpc) is 2.63. The molecule has 1 rings (SSSR count). The van der Waals surface area contributed by atoms with Gasteiger partial charge in [-0.15, -0.1) is 0 Å². The Kier molecular flexibility index (Phi) is 8.74. The van der Waals surface area contributed by atoms with Crippen LogP contribution in [-0.4, -0.2) is 39.0 Å². The van der Waals surface area contributed by atoms with Gasteiger partial charge in [0.15, 0.2) is 6.61 Å². The zero-order valence-corrected chi connectivity index (χ0v) is 16.6. The van der Waals surface area contributed by atoms with Crippen molar-refractivity contribution in [3.05, 3.63) is 29.8 Å². The first kappa shape index (κ1) is 22.1. The number of nitrogens with one attached hydrogen (secondary N) is 2. The minimum atomic E-state index is -3.63. The van der Waals surface area contributed by atoms with Gasteiger partial charge < -0.3 is 10.1 Å². The summed E-state index contributed by atoms with van der Waals surface area (Å²) in [4.78, 5) is 23.8. The first-order chi connectivity index (χ1) is 12.2. The van der Waals surface area contributed by atoms with Gasteiger partial charge in [-0.2, -0.15) is 0 Å². The highest BCUT2D eigenvalue weighted by molar-refractivity contribution is 7.89. The molecule has 0 aromatic heterocycles. The number of hydrogen-bond donors (Lipinski definition) is 2. The van der Waals surface area contributed by atoms with E-state index in [1.807, 2.05) is 20.8 Å². The minimum absolute atomic E-state index is 0.0590. The molecule has 0 bridgehead atoms. The molecule has 2 N–H and O–H groups in total. The molecular weight excluding hydrogens is 356 g/mol. The van der Waals surface area contributed by atoms with Crippen LogP contribution in [-0.2, 0) is 19.6 Å². The second-order valence-corrected chi connectivity index (χ2v) is 7.83. The number of esters is 1. The van der Waals surface area contributed by atoms with E-state index >= 15 is 0 Å². The van der Waals surface area contributed by atoms with Crippen LogP contribution in [0.5, 0.6) is 0 Å². The average molecular weight is 384 g/mol. The highest BCUT2D eigenvalue weighted by Crippen LogP contribution is 2.12. The Balaban J connectivity index is 2.65. The molecule has 0 unspecified atom stereocenters. The van der Waals surface area contributed by atoms with Crippen molar-refractivity contribution < 1.29 is 22.7 Å². The maximum atomic E-state index is 12.2. The molecule has 0 radical (unpaired) electrons. The summed E-state index contributed by atoms with van der Waals surface area (Å²) in [6.45, 7) is 7.21. The van der Waals surface area contributed by atoms with Crippen molar-refractivity contribution in [2.75, 3.05) is 6.61 Å². The highest BCUT2D eigenvalue weighted by atomic mass is 32.2. The van der Waals surface area contributed by atoms with Crippen LogP contribution in [0.2, 0.25) is 0 Å². The van der Waals surface area contributed by atoms with Crippen LogP contribution in [0, 0.1) is 0 Å². The number of carbonyl (C=O) groups is 2. The van der Waals surface area contributed by atoms with E-state index in [1.54, 1.807) is 6.92 Å². The van der Waals surface area contributed by atoms with Gasteiger partial charge in [0.25, 0.3) is 5.91 Å². The Bertz CT molecular complexity index is 697. The van der Waals surface area contributed by atoms with Gasteiger partial charge in [-0.3, -0.25) is 4.79 Å². The summed E-state index contributed by atoms with van der Waals surface area (Å²) < 4.78 is 31.9. The fourth-order valence-corrected chi connectivity index (χ4v) is 3.49. The topological polar surface area (TPSA) is 102 Å². The van der Waals surface area contributed by atoms with E-state index in [9.17, 15) is 18.0 Å². The van der Waals surface area contributed by atoms with Crippen molar-refractivity contribution in [3.63, 3.8) is 0 Å². The molecule has 1 aromatic rings. The van der Waals surface area contributed by atoms with Crippen LogP contribution in [0.1, 0.15) is 57.3 Å². The molecule has 0 saturated heterocycles. The van der Waals surface area contributed by atoms with Crippen LogP contribution in [0.15, 0.2) is 29.2 Å². The molecule has 1 atom stereocenters. The van der Waals surface area contributed by atoms with Crippen LogP contribution >= 0.6 is 0 Å². The van der Waals surface area contributed by atoms with Gasteiger partial charge in [-0.1, -0.05) is 20.8 Å². The van der Waals surface area contributed by atoms with Gasteiger partial charge in [-0.05, 0) is 50.5 Å². The molecule has 1 aromatic carbocycles. The first-order valence-electron chi connectivity index (χ1n) is 8.82. The lowest BCUT2D eigenvalue weighted by atomic mass is 10.2. The third kappa shape index (κ3) is 6.76. The summed E-state index contributed by atoms with van der Waals surface area (Å²) in [6.07, 6.45) is 2.27. The lowest BCUT2D eigenvalue weighted by Crippen LogP contribution is -2.36. The Morgan fingerprint density at radius 2 is 1.62 bits per heavy atom. The third-order valence-electron chi connectivity index (χ3n) is 4.05. The predicted octanol–water partition coefficient (Wildman–Crippen LogP) is 2.22. The van der Waals surface area contributed by atoms with E-state index in [2.05, 4.69) is 10.0 Å². The van der Waals surface area contributed by atoms with Crippen molar-refractivity contribution in [1.82, 2.24) is 10.0 Å². The zero-order chi connectivity index (χ0) is 19.7. The molecule has 0 heterocycles. The van der Waals surface area contributed by atoms with E-state index in [0.717, 1.165) is 12.8 Å². The molecule has 0 saturated carbocycles. The van der Waals surface area contributed by atoms with Gasteiger partial charge in [-0.25, -0.2) is 17.9 Å². The van der Waals surface area contributed by atoms with Gasteiger partial charge in [0.05, 0.1) is 10.5 Å². The standard InChI is InChI=1S/C18H28N2O5S/c1-5-13(4)20-26(23,24)16-10-8-14(9-11-16)18(22)25-12-17(21)19-15(6-2)7-3/h8-11,13,15,20H,5-7,12H2,1-4H3,(H,19,21)/t13-/m1/s1. The number of ether oxygens (including phenoxy) is 1. The second-order valence-electron chi connectivity index (χ2n) is 6.11. The normalized spacial score (nSPS) is 12.7. The van der Waals surface area contributed by atoms with Crippen molar-refractivity contribution >= 4 is 21.9 Å². The van der Waals surface area contributed by atoms with Crippen molar-refractivity contribution in [1.29, 1.82) is 0 Å². The molecule has 146 valence electrons. The smallest absolute Gasteiger partial charge is 0.338 e. The van der Waals surface area contributed by atoms with Crippen molar-refractivity contribution in [2.45, 2.75) is 63.9 Å². The second kappa shape index (κ2) is 10.3. The molecule has 8 heteroatoms. The lowest BCUT2D eigenvalue weighted by molar-refractivity contribution is -0.125. The fourth-order valence-electron chi connectivity index (χ4n) is 2.16. The van der Waals surface area contributed by atoms with Crippen LogP contribution in [0.3, 0.4) is 0 Å². The van der Waals surface area contributed by atoms with E-state index < -0.39 is 16.0 Å². The van der Waals surface area contributed by atoms with Crippen LogP contribution in [0.4, 0.5) is 0 Å². The first-order valence-corrected chi connectivity index (χ1v) is 10.3. The highest BCUT2D eigenvalue weighted by Gasteiger charge is 2.18. The quantitative estimate of drug-likeness (QED) is 0.602. The van der Waals surface area contributed by atoms with E-state index in [4.69, 9.17) is 4.74 Å². The fraction of sp³-hybridized carbons (Fsp3) is 0.556. The monoisotopic (exact) mass is 384 g/mol. The largest absolute Gasteiger partial charge is 0.452 e. The van der Waals surface area contributed by atoms with Crippen molar-refractivity contribution in [2.24, 2.45) is 0 Å². The van der Waals surface area contributed by atoms with E-state index in [0.29, 0.717) is 6.42 Å². The molecule has 1 amide bonds. The lowest BCUT2D eigenvalue weighted by Gasteiger charge is -2.14. The SMILES string of the molecule is CCC(CC)NC(=O)COC(=O)c1ccc(S(=O)(=O)N[C@H](C)CC)cc1. The molecule has 0 fully saturated rings. The Morgan fingerprint density at radius 3 is 2.12 bits per heavy atom. The number of rotatable bonds is 10. The number of benzene rings is 1. The minimum Gasteiger partial charge on any atom is -0.452 e. The zero-order valence-electron chi connectivity index (χ0n) is 15.7. The summed E-state index contributed by atoms with van der Waals surface area (Å²) in [7, 11) is -3.63. The Labute approximate surface area is 155 Å². The van der Waals surface area contributed by atoms with Gasteiger partial charge in [0.1, 0.15) is 0 Å². The molecule has 7 nitrogen and oxygen atoms in total. The molecular formula is C18H28N2O5S. The molecule has 0 spiro atoms.